The van der Waals surface area contributed by atoms with E-state index in [0.29, 0.717) is 0 Å². The number of aromatic nitrogens is 2. The second kappa shape index (κ2) is 4.11. The maximum absolute atomic E-state index is 12.0. The first-order valence-corrected chi connectivity index (χ1v) is 6.73. The van der Waals surface area contributed by atoms with Crippen molar-refractivity contribution in [2.75, 3.05) is 0 Å². The summed E-state index contributed by atoms with van der Waals surface area (Å²) in [5.41, 5.74) is 5.40. The molecule has 1 atom stereocenters. The predicted octanol–water partition coefficient (Wildman–Crippen LogP) is -0.587. The van der Waals surface area contributed by atoms with Crippen LogP contribution in [0.2, 0.25) is 0 Å². The van der Waals surface area contributed by atoms with Gasteiger partial charge in [-0.05, 0) is 18.8 Å². The maximum atomic E-state index is 12.0. The standard InChI is InChI=1S/C9H15N5O2S/c1-14-5-7(4-12-14)17(15,16)13-8(9(10)11)6-2-3-6/h4-6,8,13H,2-3H2,1H3,(H3,10,11). The molecule has 2 rings (SSSR count). The van der Waals surface area contributed by atoms with E-state index >= 15 is 0 Å². The van der Waals surface area contributed by atoms with Crippen LogP contribution in [0.25, 0.3) is 0 Å². The lowest BCUT2D eigenvalue weighted by atomic mass is 10.2. The summed E-state index contributed by atoms with van der Waals surface area (Å²) < 4.78 is 27.8. The number of amidine groups is 1. The van der Waals surface area contributed by atoms with Crippen molar-refractivity contribution in [2.24, 2.45) is 18.7 Å². The average molecular weight is 257 g/mol. The third-order valence-corrected chi connectivity index (χ3v) is 4.10. The molecule has 0 amide bonds. The van der Waals surface area contributed by atoms with Gasteiger partial charge in [0.25, 0.3) is 0 Å². The topological polar surface area (TPSA) is 114 Å². The van der Waals surface area contributed by atoms with Crippen molar-refractivity contribution in [1.29, 1.82) is 5.41 Å². The number of hydrogen-bond donors (Lipinski definition) is 3. The van der Waals surface area contributed by atoms with Crippen molar-refractivity contribution < 1.29 is 8.42 Å². The van der Waals surface area contributed by atoms with E-state index in [0.717, 1.165) is 12.8 Å². The number of hydrogen-bond acceptors (Lipinski definition) is 4. The zero-order valence-electron chi connectivity index (χ0n) is 9.42. The molecule has 0 bridgehead atoms. The molecule has 94 valence electrons. The lowest BCUT2D eigenvalue weighted by Crippen LogP contribution is -2.45. The fraction of sp³-hybridized carbons (Fsp3) is 0.556. The fourth-order valence-corrected chi connectivity index (χ4v) is 2.88. The van der Waals surface area contributed by atoms with Crippen molar-refractivity contribution in [1.82, 2.24) is 14.5 Å². The Morgan fingerprint density at radius 1 is 1.71 bits per heavy atom. The van der Waals surface area contributed by atoms with Crippen LogP contribution in [0, 0.1) is 11.3 Å². The van der Waals surface area contributed by atoms with Gasteiger partial charge in [0.05, 0.1) is 12.2 Å². The molecule has 1 aliphatic rings. The van der Waals surface area contributed by atoms with Gasteiger partial charge in [-0.15, -0.1) is 0 Å². The largest absolute Gasteiger partial charge is 0.386 e. The van der Waals surface area contributed by atoms with Crippen LogP contribution >= 0.6 is 0 Å². The molecule has 1 aromatic heterocycles. The zero-order valence-corrected chi connectivity index (χ0v) is 10.2. The molecule has 1 unspecified atom stereocenters. The summed E-state index contributed by atoms with van der Waals surface area (Å²) in [7, 11) is -2.00. The summed E-state index contributed by atoms with van der Waals surface area (Å²) in [5.74, 6) is 0.0129. The number of nitrogens with zero attached hydrogens (tertiary/aromatic N) is 2. The van der Waals surface area contributed by atoms with Crippen molar-refractivity contribution in [3.8, 4) is 0 Å². The third kappa shape index (κ3) is 2.64. The lowest BCUT2D eigenvalue weighted by molar-refractivity contribution is 0.563. The van der Waals surface area contributed by atoms with E-state index < -0.39 is 16.1 Å². The summed E-state index contributed by atoms with van der Waals surface area (Å²) in [6.07, 6.45) is 4.48. The van der Waals surface area contributed by atoms with E-state index in [-0.39, 0.29) is 16.6 Å². The summed E-state index contributed by atoms with van der Waals surface area (Å²) in [6, 6.07) is -0.597. The van der Waals surface area contributed by atoms with Gasteiger partial charge in [-0.1, -0.05) is 0 Å². The van der Waals surface area contributed by atoms with Crippen molar-refractivity contribution in [2.45, 2.75) is 23.8 Å². The number of aryl methyl sites for hydroxylation is 1. The Hall–Kier alpha value is -1.41. The van der Waals surface area contributed by atoms with E-state index in [2.05, 4.69) is 9.82 Å². The smallest absolute Gasteiger partial charge is 0.244 e. The first-order valence-electron chi connectivity index (χ1n) is 5.25. The highest BCUT2D eigenvalue weighted by Crippen LogP contribution is 2.33. The van der Waals surface area contributed by atoms with Crippen LogP contribution in [0.1, 0.15) is 12.8 Å². The van der Waals surface area contributed by atoms with Crippen LogP contribution < -0.4 is 10.5 Å². The maximum Gasteiger partial charge on any atom is 0.244 e. The van der Waals surface area contributed by atoms with E-state index in [1.54, 1.807) is 7.05 Å². The predicted molar refractivity (Wildman–Crippen MR) is 62.0 cm³/mol. The quantitative estimate of drug-likeness (QED) is 0.483. The van der Waals surface area contributed by atoms with Gasteiger partial charge < -0.3 is 5.73 Å². The molecule has 1 saturated carbocycles. The van der Waals surface area contributed by atoms with Crippen molar-refractivity contribution in [3.05, 3.63) is 12.4 Å². The monoisotopic (exact) mass is 257 g/mol. The molecule has 0 radical (unpaired) electrons. The fourth-order valence-electron chi connectivity index (χ4n) is 1.62. The minimum atomic E-state index is -3.64. The number of nitrogens with one attached hydrogen (secondary N) is 2. The minimum Gasteiger partial charge on any atom is -0.386 e. The average Bonchev–Trinajstić information content (AvgIpc) is 2.96. The molecule has 1 heterocycles. The molecule has 8 heteroatoms. The normalized spacial score (nSPS) is 17.9. The Kier molecular flexibility index (Phi) is 2.92. The van der Waals surface area contributed by atoms with Crippen molar-refractivity contribution in [3.63, 3.8) is 0 Å². The third-order valence-electron chi connectivity index (χ3n) is 2.70. The molecule has 17 heavy (non-hydrogen) atoms. The zero-order chi connectivity index (χ0) is 12.6. The summed E-state index contributed by atoms with van der Waals surface area (Å²) in [5, 5.41) is 11.2. The summed E-state index contributed by atoms with van der Waals surface area (Å²) in [4.78, 5) is 0.0897. The molecule has 4 N–H and O–H groups in total. The van der Waals surface area contributed by atoms with Gasteiger partial charge in [0.1, 0.15) is 10.7 Å². The minimum absolute atomic E-state index is 0.0897. The molecule has 0 saturated heterocycles. The van der Waals surface area contributed by atoms with E-state index in [4.69, 9.17) is 11.1 Å². The first kappa shape index (κ1) is 12.1. The number of rotatable bonds is 5. The van der Waals surface area contributed by atoms with Crippen LogP contribution in [0.4, 0.5) is 0 Å². The van der Waals surface area contributed by atoms with Gasteiger partial charge in [-0.2, -0.15) is 5.10 Å². The first-order chi connectivity index (χ1) is 7.90. The summed E-state index contributed by atoms with van der Waals surface area (Å²) >= 11 is 0. The van der Waals surface area contributed by atoms with Gasteiger partial charge >= 0.3 is 0 Å². The van der Waals surface area contributed by atoms with Gasteiger partial charge in [-0.25, -0.2) is 13.1 Å². The highest BCUT2D eigenvalue weighted by atomic mass is 32.2. The SMILES string of the molecule is Cn1cc(S(=O)(=O)NC(C(=N)N)C2CC2)cn1. The summed E-state index contributed by atoms with van der Waals surface area (Å²) in [6.45, 7) is 0. The molecule has 0 aliphatic heterocycles. The molecule has 1 fully saturated rings. The van der Waals surface area contributed by atoms with Crippen LogP contribution in [0.3, 0.4) is 0 Å². The van der Waals surface area contributed by atoms with Crippen LogP contribution in [-0.2, 0) is 17.1 Å². The van der Waals surface area contributed by atoms with Gasteiger partial charge in [-0.3, -0.25) is 10.1 Å². The van der Waals surface area contributed by atoms with E-state index in [1.807, 2.05) is 0 Å². The Morgan fingerprint density at radius 3 is 2.76 bits per heavy atom. The molecular weight excluding hydrogens is 242 g/mol. The number of nitrogens with two attached hydrogens (primary N) is 1. The van der Waals surface area contributed by atoms with Crippen molar-refractivity contribution >= 4 is 15.9 Å². The van der Waals surface area contributed by atoms with Crippen LogP contribution in [0.5, 0.6) is 0 Å². The van der Waals surface area contributed by atoms with Gasteiger partial charge in [0.15, 0.2) is 0 Å². The molecule has 0 spiro atoms. The highest BCUT2D eigenvalue weighted by molar-refractivity contribution is 7.89. The molecule has 1 aliphatic carbocycles. The number of sulfonamides is 1. The van der Waals surface area contributed by atoms with E-state index in [9.17, 15) is 8.42 Å². The van der Waals surface area contributed by atoms with Gasteiger partial charge in [0.2, 0.25) is 10.0 Å². The molecular formula is C9H15N5O2S. The highest BCUT2D eigenvalue weighted by Gasteiger charge is 2.36. The van der Waals surface area contributed by atoms with Crippen LogP contribution in [0.15, 0.2) is 17.3 Å². The molecule has 0 aromatic carbocycles. The second-order valence-electron chi connectivity index (χ2n) is 4.24. The van der Waals surface area contributed by atoms with Crippen LogP contribution in [-0.4, -0.2) is 30.1 Å². The Morgan fingerprint density at radius 2 is 2.35 bits per heavy atom. The molecule has 7 nitrogen and oxygen atoms in total. The van der Waals surface area contributed by atoms with Gasteiger partial charge in [0, 0.05) is 13.2 Å². The lowest BCUT2D eigenvalue weighted by Gasteiger charge is -2.15. The Bertz CT molecular complexity index is 531. The van der Waals surface area contributed by atoms with E-state index in [1.165, 1.54) is 17.1 Å². The molecule has 1 aromatic rings. The Labute approximate surface area is 99.6 Å². The second-order valence-corrected chi connectivity index (χ2v) is 5.96. The Balaban J connectivity index is 2.18.